The van der Waals surface area contributed by atoms with E-state index in [2.05, 4.69) is 22.3 Å². The molecule has 0 saturated carbocycles. The van der Waals surface area contributed by atoms with Gasteiger partial charge in [0.25, 0.3) is 5.91 Å². The van der Waals surface area contributed by atoms with Crippen LogP contribution >= 0.6 is 11.6 Å². The molecule has 1 fully saturated rings. The number of morpholine rings is 1. The second kappa shape index (κ2) is 10.4. The minimum atomic E-state index is -0.218. The summed E-state index contributed by atoms with van der Waals surface area (Å²) in [6, 6.07) is 11.5. The fourth-order valence-corrected chi connectivity index (χ4v) is 3.39. The van der Waals surface area contributed by atoms with Crippen LogP contribution in [0.5, 0.6) is 11.5 Å². The molecule has 3 rings (SSSR count). The lowest BCUT2D eigenvalue weighted by Gasteiger charge is -2.28. The molecule has 0 aliphatic carbocycles. The van der Waals surface area contributed by atoms with Gasteiger partial charge >= 0.3 is 0 Å². The lowest BCUT2D eigenvalue weighted by Crippen LogP contribution is -2.36. The van der Waals surface area contributed by atoms with Crippen LogP contribution in [0.4, 0.5) is 5.69 Å². The van der Waals surface area contributed by atoms with Crippen molar-refractivity contribution >= 4 is 23.2 Å². The Bertz CT molecular complexity index is 820. The summed E-state index contributed by atoms with van der Waals surface area (Å²) in [7, 11) is 1.53. The molecule has 0 unspecified atom stereocenters. The third kappa shape index (κ3) is 5.55. The van der Waals surface area contributed by atoms with Gasteiger partial charge in [0.2, 0.25) is 0 Å². The van der Waals surface area contributed by atoms with E-state index in [1.54, 1.807) is 12.1 Å². The number of nitrogens with zero attached hydrogens (tertiary/aromatic N) is 1. The first-order valence-electron chi connectivity index (χ1n) is 9.82. The molecule has 1 amide bonds. The Hall–Kier alpha value is -2.44. The highest BCUT2D eigenvalue weighted by Gasteiger charge is 2.16. The molecule has 0 atom stereocenters. The van der Waals surface area contributed by atoms with Crippen molar-refractivity contribution in [3.8, 4) is 11.5 Å². The van der Waals surface area contributed by atoms with Gasteiger partial charge in [0.05, 0.1) is 32.0 Å². The summed E-state index contributed by atoms with van der Waals surface area (Å²) in [6.45, 7) is 6.28. The minimum Gasteiger partial charge on any atom is -0.493 e. The number of hydrogen-bond acceptors (Lipinski definition) is 5. The third-order valence-electron chi connectivity index (χ3n) is 4.71. The Morgan fingerprint density at radius 2 is 1.93 bits per heavy atom. The van der Waals surface area contributed by atoms with Crippen LogP contribution in [0.25, 0.3) is 0 Å². The van der Waals surface area contributed by atoms with Crippen molar-refractivity contribution in [1.82, 2.24) is 5.32 Å². The quantitative estimate of drug-likeness (QED) is 0.704. The maximum Gasteiger partial charge on any atom is 0.251 e. The normalized spacial score (nSPS) is 13.8. The molecule has 156 valence electrons. The Morgan fingerprint density at radius 1 is 1.21 bits per heavy atom. The summed E-state index contributed by atoms with van der Waals surface area (Å²) in [5.74, 6) is 0.696. The fraction of sp³-hybridized carbons (Fsp3) is 0.409. The number of carbonyl (C=O) groups is 1. The van der Waals surface area contributed by atoms with Crippen molar-refractivity contribution < 1.29 is 19.0 Å². The molecule has 1 N–H and O–H groups in total. The molecule has 0 radical (unpaired) electrons. The topological polar surface area (TPSA) is 60.0 Å². The van der Waals surface area contributed by atoms with Crippen LogP contribution in [0.1, 0.15) is 29.3 Å². The number of ether oxygens (including phenoxy) is 3. The van der Waals surface area contributed by atoms with Crippen molar-refractivity contribution in [2.75, 3.05) is 44.9 Å². The number of hydrogen-bond donors (Lipinski definition) is 1. The molecule has 0 aromatic heterocycles. The van der Waals surface area contributed by atoms with E-state index in [9.17, 15) is 4.79 Å². The van der Waals surface area contributed by atoms with E-state index in [-0.39, 0.29) is 5.91 Å². The summed E-state index contributed by atoms with van der Waals surface area (Å²) >= 11 is 6.30. The number of nitrogens with one attached hydrogen (secondary N) is 1. The van der Waals surface area contributed by atoms with Gasteiger partial charge < -0.3 is 24.4 Å². The number of rotatable bonds is 8. The van der Waals surface area contributed by atoms with Crippen LogP contribution in [0, 0.1) is 0 Å². The summed E-state index contributed by atoms with van der Waals surface area (Å²) in [5.41, 5.74) is 2.62. The highest BCUT2D eigenvalue weighted by atomic mass is 35.5. The molecule has 1 saturated heterocycles. The highest BCUT2D eigenvalue weighted by Crippen LogP contribution is 2.36. The Kier molecular flexibility index (Phi) is 7.61. The summed E-state index contributed by atoms with van der Waals surface area (Å²) in [4.78, 5) is 14.9. The summed E-state index contributed by atoms with van der Waals surface area (Å²) in [6.07, 6.45) is 0.853. The molecule has 1 heterocycles. The van der Waals surface area contributed by atoms with Gasteiger partial charge in [-0.1, -0.05) is 30.7 Å². The van der Waals surface area contributed by atoms with Crippen LogP contribution in [-0.2, 0) is 11.3 Å². The van der Waals surface area contributed by atoms with Gasteiger partial charge in [0, 0.05) is 30.9 Å². The van der Waals surface area contributed by atoms with Crippen molar-refractivity contribution in [2.24, 2.45) is 0 Å². The minimum absolute atomic E-state index is 0.218. The lowest BCUT2D eigenvalue weighted by molar-refractivity contribution is 0.0950. The Balaban J connectivity index is 1.62. The molecular weight excluding hydrogens is 392 g/mol. The van der Waals surface area contributed by atoms with E-state index in [1.165, 1.54) is 12.8 Å². The number of anilines is 1. The molecular formula is C22H27ClN2O4. The van der Waals surface area contributed by atoms with Crippen molar-refractivity contribution in [2.45, 2.75) is 19.9 Å². The molecule has 2 aromatic carbocycles. The molecule has 1 aliphatic heterocycles. The highest BCUT2D eigenvalue weighted by molar-refractivity contribution is 6.32. The van der Waals surface area contributed by atoms with E-state index in [1.807, 2.05) is 19.1 Å². The monoisotopic (exact) mass is 418 g/mol. The fourth-order valence-electron chi connectivity index (χ4n) is 3.13. The van der Waals surface area contributed by atoms with Gasteiger partial charge in [-0.2, -0.15) is 0 Å². The van der Waals surface area contributed by atoms with E-state index in [0.717, 1.165) is 38.3 Å². The van der Waals surface area contributed by atoms with Crippen molar-refractivity contribution in [1.29, 1.82) is 0 Å². The first-order valence-corrected chi connectivity index (χ1v) is 10.2. The van der Waals surface area contributed by atoms with Crippen LogP contribution in [0.2, 0.25) is 5.02 Å². The molecule has 0 bridgehead atoms. The average Bonchev–Trinajstić information content (AvgIpc) is 2.77. The van der Waals surface area contributed by atoms with Crippen LogP contribution < -0.4 is 19.7 Å². The van der Waals surface area contributed by atoms with Crippen molar-refractivity contribution in [3.63, 3.8) is 0 Å². The average molecular weight is 419 g/mol. The summed E-state index contributed by atoms with van der Waals surface area (Å²) in [5, 5.41) is 3.29. The van der Waals surface area contributed by atoms with E-state index in [0.29, 0.717) is 35.2 Å². The molecule has 2 aromatic rings. The van der Waals surface area contributed by atoms with Gasteiger partial charge in [-0.05, 0) is 36.2 Å². The number of benzene rings is 2. The zero-order valence-electron chi connectivity index (χ0n) is 16.9. The van der Waals surface area contributed by atoms with Crippen LogP contribution in [-0.4, -0.2) is 45.9 Å². The number of amides is 1. The van der Waals surface area contributed by atoms with Gasteiger partial charge in [-0.15, -0.1) is 0 Å². The maximum atomic E-state index is 12.6. The zero-order valence-corrected chi connectivity index (χ0v) is 17.6. The molecule has 29 heavy (non-hydrogen) atoms. The molecule has 7 heteroatoms. The predicted molar refractivity (Wildman–Crippen MR) is 114 cm³/mol. The predicted octanol–water partition coefficient (Wildman–Crippen LogP) is 3.90. The van der Waals surface area contributed by atoms with Gasteiger partial charge in [-0.25, -0.2) is 0 Å². The van der Waals surface area contributed by atoms with E-state index < -0.39 is 0 Å². The van der Waals surface area contributed by atoms with Crippen LogP contribution in [0.3, 0.4) is 0 Å². The molecule has 6 nitrogen and oxygen atoms in total. The second-order valence-electron chi connectivity index (χ2n) is 6.79. The largest absolute Gasteiger partial charge is 0.493 e. The smallest absolute Gasteiger partial charge is 0.251 e. The first-order chi connectivity index (χ1) is 14.1. The lowest BCUT2D eigenvalue weighted by atomic mass is 10.1. The Morgan fingerprint density at radius 3 is 2.59 bits per heavy atom. The first kappa shape index (κ1) is 21.3. The van der Waals surface area contributed by atoms with E-state index >= 15 is 0 Å². The SMILES string of the molecule is CCCOc1c(Cl)cc(C(=O)NCc2ccc(N3CCOCC3)cc2)cc1OC. The summed E-state index contributed by atoms with van der Waals surface area (Å²) < 4.78 is 16.4. The Labute approximate surface area is 176 Å². The van der Waals surface area contributed by atoms with Crippen LogP contribution in [0.15, 0.2) is 36.4 Å². The number of carbonyl (C=O) groups excluding carboxylic acids is 1. The van der Waals surface area contributed by atoms with Crippen molar-refractivity contribution in [3.05, 3.63) is 52.5 Å². The number of halogens is 1. The number of methoxy groups -OCH3 is 1. The standard InChI is InChI=1S/C22H27ClN2O4/c1-3-10-29-21-19(23)13-17(14-20(21)27-2)22(26)24-15-16-4-6-18(7-5-16)25-8-11-28-12-9-25/h4-7,13-14H,3,8-12,15H2,1-2H3,(H,24,26). The zero-order chi connectivity index (χ0) is 20.6. The molecule has 0 spiro atoms. The van der Waals surface area contributed by atoms with Gasteiger partial charge in [-0.3, -0.25) is 4.79 Å². The van der Waals surface area contributed by atoms with E-state index in [4.69, 9.17) is 25.8 Å². The third-order valence-corrected chi connectivity index (χ3v) is 4.99. The van der Waals surface area contributed by atoms with Gasteiger partial charge in [0.15, 0.2) is 11.5 Å². The second-order valence-corrected chi connectivity index (χ2v) is 7.19. The maximum absolute atomic E-state index is 12.6. The van der Waals surface area contributed by atoms with Gasteiger partial charge in [0.1, 0.15) is 0 Å². The molecule has 1 aliphatic rings.